The molecule has 0 saturated carbocycles. The van der Waals surface area contributed by atoms with E-state index in [0.717, 1.165) is 9.90 Å². The number of nitrogens with two attached hydrogens (primary N) is 1. The Labute approximate surface area is 79.8 Å². The fraction of sp³-hybridized carbons (Fsp3) is 0.111. The van der Waals surface area contributed by atoms with Gasteiger partial charge < -0.3 is 5.73 Å². The maximum absolute atomic E-state index is 5.87. The zero-order valence-corrected chi connectivity index (χ0v) is 7.95. The van der Waals surface area contributed by atoms with E-state index in [9.17, 15) is 0 Å². The fourth-order valence-electron chi connectivity index (χ4n) is 1.19. The Morgan fingerprint density at radius 1 is 1.33 bits per heavy atom. The Balaban J connectivity index is 2.66. The van der Waals surface area contributed by atoms with Crippen LogP contribution >= 0.6 is 22.9 Å². The molecule has 0 radical (unpaired) electrons. The Bertz CT molecular complexity index is 408. The second-order valence-corrected chi connectivity index (χ2v) is 4.34. The van der Waals surface area contributed by atoms with Crippen LogP contribution in [0.25, 0.3) is 10.1 Å². The summed E-state index contributed by atoms with van der Waals surface area (Å²) in [5.41, 5.74) is 6.67. The lowest BCUT2D eigenvalue weighted by Gasteiger charge is -1.94. The molecule has 1 aromatic carbocycles. The maximum atomic E-state index is 5.87. The molecule has 1 nitrogen and oxygen atoms in total. The number of rotatable bonds is 1. The van der Waals surface area contributed by atoms with Gasteiger partial charge in [-0.1, -0.05) is 17.7 Å². The molecular formula is C9H8ClNS. The zero-order chi connectivity index (χ0) is 8.55. The van der Waals surface area contributed by atoms with Crippen molar-refractivity contribution in [3.05, 3.63) is 34.2 Å². The Morgan fingerprint density at radius 3 is 2.92 bits per heavy atom. The van der Waals surface area contributed by atoms with E-state index in [1.165, 1.54) is 10.1 Å². The number of thiophene rings is 1. The summed E-state index contributed by atoms with van der Waals surface area (Å²) >= 11 is 7.46. The Morgan fingerprint density at radius 2 is 2.17 bits per heavy atom. The summed E-state index contributed by atoms with van der Waals surface area (Å²) in [5.74, 6) is 0. The molecule has 1 heterocycles. The van der Waals surface area contributed by atoms with Gasteiger partial charge >= 0.3 is 0 Å². The molecule has 0 saturated heterocycles. The van der Waals surface area contributed by atoms with Crippen LogP contribution in [0.15, 0.2) is 24.3 Å². The minimum atomic E-state index is 0.587. The second kappa shape index (κ2) is 3.05. The molecule has 2 rings (SSSR count). The van der Waals surface area contributed by atoms with Crippen molar-refractivity contribution in [1.82, 2.24) is 0 Å². The van der Waals surface area contributed by atoms with Crippen LogP contribution in [0.2, 0.25) is 4.34 Å². The van der Waals surface area contributed by atoms with Gasteiger partial charge in [0.2, 0.25) is 0 Å². The summed E-state index contributed by atoms with van der Waals surface area (Å²) in [5, 5.41) is 1.19. The third kappa shape index (κ3) is 1.33. The van der Waals surface area contributed by atoms with Gasteiger partial charge in [-0.05, 0) is 29.1 Å². The van der Waals surface area contributed by atoms with Crippen molar-refractivity contribution in [3.63, 3.8) is 0 Å². The van der Waals surface area contributed by atoms with Crippen molar-refractivity contribution in [2.75, 3.05) is 0 Å². The molecule has 0 atom stereocenters. The monoisotopic (exact) mass is 197 g/mol. The molecule has 0 aliphatic rings. The normalized spacial score (nSPS) is 10.8. The van der Waals surface area contributed by atoms with E-state index in [1.54, 1.807) is 11.3 Å². The zero-order valence-electron chi connectivity index (χ0n) is 6.38. The molecular weight excluding hydrogens is 190 g/mol. The van der Waals surface area contributed by atoms with Crippen LogP contribution in [0.1, 0.15) is 5.56 Å². The third-order valence-electron chi connectivity index (χ3n) is 1.79. The lowest BCUT2D eigenvalue weighted by molar-refractivity contribution is 1.08. The van der Waals surface area contributed by atoms with Crippen molar-refractivity contribution in [2.45, 2.75) is 6.54 Å². The first-order chi connectivity index (χ1) is 5.79. The first-order valence-electron chi connectivity index (χ1n) is 3.67. The quantitative estimate of drug-likeness (QED) is 0.748. The van der Waals surface area contributed by atoms with Crippen molar-refractivity contribution in [1.29, 1.82) is 0 Å². The molecule has 62 valence electrons. The minimum absolute atomic E-state index is 0.587. The molecule has 0 unspecified atom stereocenters. The van der Waals surface area contributed by atoms with E-state index in [4.69, 9.17) is 17.3 Å². The summed E-state index contributed by atoms with van der Waals surface area (Å²) in [4.78, 5) is 0. The number of hydrogen-bond donors (Lipinski definition) is 1. The number of halogens is 1. The first-order valence-corrected chi connectivity index (χ1v) is 4.87. The molecule has 0 aliphatic heterocycles. The lowest BCUT2D eigenvalue weighted by atomic mass is 10.2. The van der Waals surface area contributed by atoms with Gasteiger partial charge in [0.05, 0.1) is 4.34 Å². The summed E-state index contributed by atoms with van der Waals surface area (Å²) in [6, 6.07) is 8.15. The standard InChI is InChI=1S/C9H8ClNS/c10-9-4-7-3-6(5-11)1-2-8(7)12-9/h1-4H,5,11H2. The highest BCUT2D eigenvalue weighted by Crippen LogP contribution is 2.29. The fourth-order valence-corrected chi connectivity index (χ4v) is 2.32. The van der Waals surface area contributed by atoms with Crippen LogP contribution in [-0.2, 0) is 6.54 Å². The Kier molecular flexibility index (Phi) is 2.05. The minimum Gasteiger partial charge on any atom is -0.326 e. The largest absolute Gasteiger partial charge is 0.326 e. The molecule has 0 spiro atoms. The van der Waals surface area contributed by atoms with Crippen LogP contribution in [0, 0.1) is 0 Å². The van der Waals surface area contributed by atoms with Gasteiger partial charge in [0.25, 0.3) is 0 Å². The van der Waals surface area contributed by atoms with Gasteiger partial charge in [-0.15, -0.1) is 11.3 Å². The molecule has 3 heteroatoms. The molecule has 0 fully saturated rings. The second-order valence-electron chi connectivity index (χ2n) is 2.63. The summed E-state index contributed by atoms with van der Waals surface area (Å²) in [6.45, 7) is 0.587. The van der Waals surface area contributed by atoms with Gasteiger partial charge in [0.1, 0.15) is 0 Å². The number of fused-ring (bicyclic) bond motifs is 1. The molecule has 12 heavy (non-hydrogen) atoms. The highest BCUT2D eigenvalue weighted by atomic mass is 35.5. The van der Waals surface area contributed by atoms with Crippen LogP contribution in [-0.4, -0.2) is 0 Å². The van der Waals surface area contributed by atoms with Gasteiger partial charge in [0, 0.05) is 11.2 Å². The van der Waals surface area contributed by atoms with Crippen LogP contribution in [0.3, 0.4) is 0 Å². The van der Waals surface area contributed by atoms with Crippen LogP contribution in [0.4, 0.5) is 0 Å². The molecule has 2 aromatic rings. The van der Waals surface area contributed by atoms with E-state index in [0.29, 0.717) is 6.54 Å². The van der Waals surface area contributed by atoms with E-state index >= 15 is 0 Å². The van der Waals surface area contributed by atoms with Gasteiger partial charge in [-0.25, -0.2) is 0 Å². The maximum Gasteiger partial charge on any atom is 0.0940 e. The van der Waals surface area contributed by atoms with Crippen molar-refractivity contribution in [2.24, 2.45) is 5.73 Å². The number of benzene rings is 1. The Hall–Kier alpha value is -0.570. The lowest BCUT2D eigenvalue weighted by Crippen LogP contribution is -1.94. The van der Waals surface area contributed by atoms with Crippen LogP contribution in [0.5, 0.6) is 0 Å². The smallest absolute Gasteiger partial charge is 0.0940 e. The first kappa shape index (κ1) is 8.05. The highest BCUT2D eigenvalue weighted by molar-refractivity contribution is 7.22. The predicted molar refractivity (Wildman–Crippen MR) is 54.7 cm³/mol. The molecule has 2 N–H and O–H groups in total. The van der Waals surface area contributed by atoms with Gasteiger partial charge in [0.15, 0.2) is 0 Å². The average molecular weight is 198 g/mol. The average Bonchev–Trinajstić information content (AvgIpc) is 2.43. The molecule has 0 amide bonds. The summed E-state index contributed by atoms with van der Waals surface area (Å²) in [6.07, 6.45) is 0. The topological polar surface area (TPSA) is 26.0 Å². The van der Waals surface area contributed by atoms with Crippen LogP contribution < -0.4 is 5.73 Å². The van der Waals surface area contributed by atoms with E-state index < -0.39 is 0 Å². The SMILES string of the molecule is NCc1ccc2sc(Cl)cc2c1. The van der Waals surface area contributed by atoms with E-state index in [1.807, 2.05) is 12.1 Å². The summed E-state index contributed by atoms with van der Waals surface area (Å²) < 4.78 is 2.05. The van der Waals surface area contributed by atoms with Gasteiger partial charge in [-0.3, -0.25) is 0 Å². The van der Waals surface area contributed by atoms with Crippen molar-refractivity contribution >= 4 is 33.0 Å². The van der Waals surface area contributed by atoms with Gasteiger partial charge in [-0.2, -0.15) is 0 Å². The molecule has 0 aliphatic carbocycles. The van der Waals surface area contributed by atoms with E-state index in [2.05, 4.69) is 12.1 Å². The highest BCUT2D eigenvalue weighted by Gasteiger charge is 1.99. The van der Waals surface area contributed by atoms with Crippen molar-refractivity contribution < 1.29 is 0 Å². The molecule has 0 bridgehead atoms. The van der Waals surface area contributed by atoms with E-state index in [-0.39, 0.29) is 0 Å². The predicted octanol–water partition coefficient (Wildman–Crippen LogP) is 3.01. The number of hydrogen-bond acceptors (Lipinski definition) is 2. The third-order valence-corrected chi connectivity index (χ3v) is 3.03. The molecule has 1 aromatic heterocycles. The summed E-state index contributed by atoms with van der Waals surface area (Å²) in [7, 11) is 0. The van der Waals surface area contributed by atoms with Crippen molar-refractivity contribution in [3.8, 4) is 0 Å².